The zero-order valence-electron chi connectivity index (χ0n) is 14.7. The second-order valence-electron chi connectivity index (χ2n) is 6.11. The maximum atomic E-state index is 12.2. The van der Waals surface area contributed by atoms with Crippen molar-refractivity contribution in [3.63, 3.8) is 0 Å². The minimum absolute atomic E-state index is 0.0429. The maximum Gasteiger partial charge on any atom is 0.340 e. The van der Waals surface area contributed by atoms with Crippen molar-refractivity contribution >= 4 is 35.1 Å². The van der Waals surface area contributed by atoms with Gasteiger partial charge in [-0.1, -0.05) is 53.5 Å². The molecule has 2 aromatic carbocycles. The Kier molecular flexibility index (Phi) is 7.49. The number of aryl methyl sites for hydroxylation is 1. The Labute approximate surface area is 163 Å². The molecule has 0 aliphatic carbocycles. The molecule has 1 N–H and O–H groups in total. The van der Waals surface area contributed by atoms with Crippen LogP contribution >= 0.6 is 23.2 Å². The van der Waals surface area contributed by atoms with Gasteiger partial charge in [-0.3, -0.25) is 4.79 Å². The number of carbonyl (C=O) groups is 2. The lowest BCUT2D eigenvalue weighted by molar-refractivity contribution is -0.129. The molecule has 0 heterocycles. The maximum absolute atomic E-state index is 12.2. The fraction of sp³-hybridized carbons (Fsp3) is 0.300. The molecule has 0 aromatic heterocycles. The van der Waals surface area contributed by atoms with Crippen molar-refractivity contribution in [2.75, 3.05) is 0 Å². The molecular weight excluding hydrogens is 373 g/mol. The molecule has 0 aliphatic heterocycles. The highest BCUT2D eigenvalue weighted by molar-refractivity contribution is 6.35. The number of esters is 1. The number of halogens is 2. The summed E-state index contributed by atoms with van der Waals surface area (Å²) in [5.41, 5.74) is 1.35. The third-order valence-electron chi connectivity index (χ3n) is 3.90. The number of ether oxygens (including phenoxy) is 1. The normalized spacial score (nSPS) is 12.9. The summed E-state index contributed by atoms with van der Waals surface area (Å²) < 4.78 is 5.20. The van der Waals surface area contributed by atoms with Crippen LogP contribution in [0.5, 0.6) is 0 Å². The minimum Gasteiger partial charge on any atom is -0.449 e. The second kappa shape index (κ2) is 9.60. The standard InChI is InChI=1S/C20H21Cl2NO3/c1-13(8-9-15-6-4-3-5-7-15)23-19(24)14(2)26-20(25)17-12-16(21)10-11-18(17)22/h3-7,10-14H,8-9H2,1-2H3,(H,23,24)/t13-,14-/m0/s1. The summed E-state index contributed by atoms with van der Waals surface area (Å²) in [4.78, 5) is 24.4. The van der Waals surface area contributed by atoms with E-state index in [9.17, 15) is 9.59 Å². The number of carbonyl (C=O) groups excluding carboxylic acids is 2. The van der Waals surface area contributed by atoms with Crippen molar-refractivity contribution in [1.82, 2.24) is 5.32 Å². The molecule has 1 amide bonds. The van der Waals surface area contributed by atoms with E-state index in [0.29, 0.717) is 5.02 Å². The first-order valence-electron chi connectivity index (χ1n) is 8.37. The van der Waals surface area contributed by atoms with Gasteiger partial charge in [-0.2, -0.15) is 0 Å². The molecule has 4 nitrogen and oxygen atoms in total. The monoisotopic (exact) mass is 393 g/mol. The van der Waals surface area contributed by atoms with E-state index in [2.05, 4.69) is 5.32 Å². The Morgan fingerprint density at radius 1 is 1.08 bits per heavy atom. The van der Waals surface area contributed by atoms with E-state index in [1.54, 1.807) is 6.07 Å². The average molecular weight is 394 g/mol. The van der Waals surface area contributed by atoms with Gasteiger partial charge >= 0.3 is 5.97 Å². The fourth-order valence-corrected chi connectivity index (χ4v) is 2.76. The lowest BCUT2D eigenvalue weighted by Gasteiger charge is -2.18. The van der Waals surface area contributed by atoms with Gasteiger partial charge in [0.25, 0.3) is 5.91 Å². The molecule has 6 heteroatoms. The Morgan fingerprint density at radius 2 is 1.77 bits per heavy atom. The van der Waals surface area contributed by atoms with Crippen LogP contribution in [-0.4, -0.2) is 24.0 Å². The van der Waals surface area contributed by atoms with Gasteiger partial charge in [-0.25, -0.2) is 4.79 Å². The topological polar surface area (TPSA) is 55.4 Å². The molecule has 138 valence electrons. The summed E-state index contributed by atoms with van der Waals surface area (Å²) in [5, 5.41) is 3.45. The minimum atomic E-state index is -0.934. The SMILES string of the molecule is C[C@H](OC(=O)c1cc(Cl)ccc1Cl)C(=O)N[C@@H](C)CCc1ccccc1. The van der Waals surface area contributed by atoms with E-state index in [0.717, 1.165) is 12.8 Å². The summed E-state index contributed by atoms with van der Waals surface area (Å²) >= 11 is 11.8. The zero-order valence-corrected chi connectivity index (χ0v) is 16.2. The molecule has 0 saturated carbocycles. The number of benzene rings is 2. The van der Waals surface area contributed by atoms with E-state index in [4.69, 9.17) is 27.9 Å². The summed E-state index contributed by atoms with van der Waals surface area (Å²) in [5.74, 6) is -1.03. The van der Waals surface area contributed by atoms with Crippen molar-refractivity contribution in [3.8, 4) is 0 Å². The predicted molar refractivity (Wildman–Crippen MR) is 104 cm³/mol. The number of rotatable bonds is 7. The van der Waals surface area contributed by atoms with Crippen LogP contribution in [0.1, 0.15) is 36.2 Å². The van der Waals surface area contributed by atoms with E-state index in [1.165, 1.54) is 24.6 Å². The van der Waals surface area contributed by atoms with Gasteiger partial charge in [0.15, 0.2) is 6.10 Å². The molecule has 0 spiro atoms. The molecule has 0 fully saturated rings. The summed E-state index contributed by atoms with van der Waals surface area (Å²) in [6.45, 7) is 3.44. The van der Waals surface area contributed by atoms with Gasteiger partial charge in [0.1, 0.15) is 0 Å². The second-order valence-corrected chi connectivity index (χ2v) is 6.95. The van der Waals surface area contributed by atoms with Crippen molar-refractivity contribution in [3.05, 3.63) is 69.7 Å². The molecule has 2 aromatic rings. The Bertz CT molecular complexity index is 765. The van der Waals surface area contributed by atoms with Crippen molar-refractivity contribution in [2.24, 2.45) is 0 Å². The lowest BCUT2D eigenvalue weighted by Crippen LogP contribution is -2.41. The van der Waals surface area contributed by atoms with Crippen LogP contribution in [0.15, 0.2) is 48.5 Å². The molecule has 0 radical (unpaired) electrons. The number of amides is 1. The van der Waals surface area contributed by atoms with E-state index in [1.807, 2.05) is 37.3 Å². The molecule has 26 heavy (non-hydrogen) atoms. The Balaban J connectivity index is 1.84. The van der Waals surface area contributed by atoms with Gasteiger partial charge in [-0.15, -0.1) is 0 Å². The van der Waals surface area contributed by atoms with Gasteiger partial charge < -0.3 is 10.1 Å². The largest absolute Gasteiger partial charge is 0.449 e. The summed E-state index contributed by atoms with van der Waals surface area (Å²) in [6.07, 6.45) is 0.710. The predicted octanol–water partition coefficient (Wildman–Crippen LogP) is 4.68. The first-order valence-corrected chi connectivity index (χ1v) is 9.12. The number of nitrogens with one attached hydrogen (secondary N) is 1. The summed E-state index contributed by atoms with van der Waals surface area (Å²) in [6, 6.07) is 14.5. The van der Waals surface area contributed by atoms with Crippen LogP contribution in [-0.2, 0) is 16.0 Å². The first-order chi connectivity index (χ1) is 12.4. The molecule has 0 saturated heterocycles. The van der Waals surface area contributed by atoms with Gasteiger partial charge in [0, 0.05) is 11.1 Å². The lowest BCUT2D eigenvalue weighted by atomic mass is 10.1. The van der Waals surface area contributed by atoms with Crippen LogP contribution < -0.4 is 5.32 Å². The van der Waals surface area contributed by atoms with Gasteiger partial charge in [-0.05, 0) is 50.5 Å². The molecule has 2 rings (SSSR count). The average Bonchev–Trinajstić information content (AvgIpc) is 2.62. The van der Waals surface area contributed by atoms with Crippen molar-refractivity contribution in [1.29, 1.82) is 0 Å². The van der Waals surface area contributed by atoms with Crippen LogP contribution in [0.4, 0.5) is 0 Å². The first kappa shape index (κ1) is 20.3. The van der Waals surface area contributed by atoms with Crippen molar-refractivity contribution < 1.29 is 14.3 Å². The number of hydrogen-bond acceptors (Lipinski definition) is 3. The van der Waals surface area contributed by atoms with Crippen molar-refractivity contribution in [2.45, 2.75) is 38.8 Å². The molecular formula is C20H21Cl2NO3. The van der Waals surface area contributed by atoms with Crippen LogP contribution in [0, 0.1) is 0 Å². The zero-order chi connectivity index (χ0) is 19.1. The molecule has 0 aliphatic rings. The third kappa shape index (κ3) is 6.04. The molecule has 0 unspecified atom stereocenters. The third-order valence-corrected chi connectivity index (χ3v) is 4.46. The van der Waals surface area contributed by atoms with E-state index in [-0.39, 0.29) is 22.5 Å². The van der Waals surface area contributed by atoms with Gasteiger partial charge in [0.05, 0.1) is 10.6 Å². The Morgan fingerprint density at radius 3 is 2.46 bits per heavy atom. The molecule has 0 bridgehead atoms. The summed E-state index contributed by atoms with van der Waals surface area (Å²) in [7, 11) is 0. The van der Waals surface area contributed by atoms with Crippen LogP contribution in [0.2, 0.25) is 10.0 Å². The Hall–Kier alpha value is -2.04. The fourth-order valence-electron chi connectivity index (χ4n) is 2.39. The van der Waals surface area contributed by atoms with E-state index >= 15 is 0 Å². The van der Waals surface area contributed by atoms with Crippen LogP contribution in [0.3, 0.4) is 0 Å². The molecule has 2 atom stereocenters. The highest BCUT2D eigenvalue weighted by Gasteiger charge is 2.22. The number of hydrogen-bond donors (Lipinski definition) is 1. The highest BCUT2D eigenvalue weighted by atomic mass is 35.5. The quantitative estimate of drug-likeness (QED) is 0.694. The van der Waals surface area contributed by atoms with Crippen LogP contribution in [0.25, 0.3) is 0 Å². The van der Waals surface area contributed by atoms with Gasteiger partial charge in [0.2, 0.25) is 0 Å². The van der Waals surface area contributed by atoms with E-state index < -0.39 is 12.1 Å². The highest BCUT2D eigenvalue weighted by Crippen LogP contribution is 2.21. The smallest absolute Gasteiger partial charge is 0.340 e.